The van der Waals surface area contributed by atoms with Crippen molar-refractivity contribution in [2.45, 2.75) is 44.3 Å². The molecule has 2 N–H and O–H groups in total. The van der Waals surface area contributed by atoms with Crippen molar-refractivity contribution in [3.63, 3.8) is 0 Å². The van der Waals surface area contributed by atoms with Crippen molar-refractivity contribution in [2.75, 3.05) is 13.1 Å². The molecular weight excluding hydrogens is 344 g/mol. The smallest absolute Gasteiger partial charge is 0.408 e. The first-order chi connectivity index (χ1) is 11.6. The number of hydrogen-bond donors (Lipinski definition) is 2. The Bertz CT molecular complexity index is 816. The van der Waals surface area contributed by atoms with E-state index in [1.54, 1.807) is 39.8 Å². The van der Waals surface area contributed by atoms with Gasteiger partial charge in [0.2, 0.25) is 10.0 Å². The largest absolute Gasteiger partial charge is 0.488 e. The molecular formula is C17H22N2O5S. The van der Waals surface area contributed by atoms with Crippen LogP contribution in [0.15, 0.2) is 23.1 Å². The lowest BCUT2D eigenvalue weighted by Crippen LogP contribution is -2.32. The molecule has 2 rings (SSSR count). The Hall–Kier alpha value is -2.24. The van der Waals surface area contributed by atoms with Gasteiger partial charge in [-0.15, -0.1) is 0 Å². The van der Waals surface area contributed by atoms with Crippen molar-refractivity contribution >= 4 is 16.1 Å². The quantitative estimate of drug-likeness (QED) is 0.737. The van der Waals surface area contributed by atoms with Crippen LogP contribution in [0.5, 0.6) is 5.75 Å². The minimum atomic E-state index is -3.58. The molecule has 0 aliphatic carbocycles. The fourth-order valence-electron chi connectivity index (χ4n) is 2.04. The van der Waals surface area contributed by atoms with Crippen molar-refractivity contribution in [3.05, 3.63) is 23.8 Å². The maximum atomic E-state index is 12.1. The van der Waals surface area contributed by atoms with Crippen LogP contribution in [-0.2, 0) is 14.8 Å². The van der Waals surface area contributed by atoms with E-state index in [-0.39, 0.29) is 29.8 Å². The first-order valence-corrected chi connectivity index (χ1v) is 9.31. The number of rotatable bonds is 1. The topological polar surface area (TPSA) is 93.7 Å². The van der Waals surface area contributed by atoms with Gasteiger partial charge in [0, 0.05) is 12.1 Å². The zero-order chi connectivity index (χ0) is 18.7. The molecule has 1 atom stereocenters. The molecule has 25 heavy (non-hydrogen) atoms. The van der Waals surface area contributed by atoms with E-state index in [9.17, 15) is 13.2 Å². The second kappa shape index (κ2) is 7.33. The van der Waals surface area contributed by atoms with Gasteiger partial charge in [-0.3, -0.25) is 0 Å². The number of amides is 1. The van der Waals surface area contributed by atoms with E-state index >= 15 is 0 Å². The minimum Gasteiger partial charge on any atom is -0.488 e. The summed E-state index contributed by atoms with van der Waals surface area (Å²) in [5, 5.41) is 2.53. The summed E-state index contributed by atoms with van der Waals surface area (Å²) < 4.78 is 37.4. The van der Waals surface area contributed by atoms with E-state index in [0.29, 0.717) is 5.56 Å². The lowest BCUT2D eigenvalue weighted by Gasteiger charge is -2.19. The van der Waals surface area contributed by atoms with E-state index in [2.05, 4.69) is 21.9 Å². The summed E-state index contributed by atoms with van der Waals surface area (Å²) in [7, 11) is -3.58. The predicted molar refractivity (Wildman–Crippen MR) is 92.8 cm³/mol. The van der Waals surface area contributed by atoms with Crippen LogP contribution in [-0.4, -0.2) is 39.3 Å². The number of carbonyl (C=O) groups excluding carboxylic acids is 1. The highest BCUT2D eigenvalue weighted by molar-refractivity contribution is 7.89. The van der Waals surface area contributed by atoms with Crippen LogP contribution < -0.4 is 14.8 Å². The van der Waals surface area contributed by atoms with Gasteiger partial charge < -0.3 is 14.8 Å². The summed E-state index contributed by atoms with van der Waals surface area (Å²) in [5.41, 5.74) is 0.0243. The predicted octanol–water partition coefficient (Wildman–Crippen LogP) is 1.62. The number of sulfonamides is 1. The highest BCUT2D eigenvalue weighted by atomic mass is 32.2. The Labute approximate surface area is 148 Å². The molecule has 0 saturated heterocycles. The summed E-state index contributed by atoms with van der Waals surface area (Å²) in [5.74, 6) is 5.92. The molecule has 0 aromatic heterocycles. The molecule has 0 spiro atoms. The highest BCUT2D eigenvalue weighted by Crippen LogP contribution is 2.27. The third kappa shape index (κ3) is 5.66. The van der Waals surface area contributed by atoms with Gasteiger partial charge in [-0.1, -0.05) is 11.8 Å². The van der Waals surface area contributed by atoms with Crippen molar-refractivity contribution in [1.82, 2.24) is 10.0 Å². The van der Waals surface area contributed by atoms with Gasteiger partial charge in [0.25, 0.3) is 0 Å². The van der Waals surface area contributed by atoms with Crippen LogP contribution in [0.25, 0.3) is 0 Å². The van der Waals surface area contributed by atoms with Gasteiger partial charge in [-0.25, -0.2) is 17.9 Å². The second-order valence-electron chi connectivity index (χ2n) is 6.60. The molecule has 1 aliphatic heterocycles. The van der Waals surface area contributed by atoms with Gasteiger partial charge in [0.15, 0.2) is 0 Å². The molecule has 1 amide bonds. The summed E-state index contributed by atoms with van der Waals surface area (Å²) in [6.07, 6.45) is -0.828. The Morgan fingerprint density at radius 1 is 1.44 bits per heavy atom. The van der Waals surface area contributed by atoms with E-state index in [1.165, 1.54) is 6.07 Å². The fraction of sp³-hybridized carbons (Fsp3) is 0.471. The maximum absolute atomic E-state index is 12.1. The van der Waals surface area contributed by atoms with Crippen LogP contribution in [0.3, 0.4) is 0 Å². The van der Waals surface area contributed by atoms with Gasteiger partial charge in [-0.05, 0) is 45.9 Å². The average molecular weight is 366 g/mol. The monoisotopic (exact) mass is 366 g/mol. The Morgan fingerprint density at radius 3 is 2.84 bits per heavy atom. The van der Waals surface area contributed by atoms with E-state index in [4.69, 9.17) is 9.47 Å². The Morgan fingerprint density at radius 2 is 2.16 bits per heavy atom. The SMILES string of the molecule is C[C@@H]1CNS(=O)(=O)c2ccc(C#CCNC(=O)OC(C)(C)C)cc2O1. The molecule has 1 aliphatic rings. The number of ether oxygens (including phenoxy) is 2. The molecule has 8 heteroatoms. The normalized spacial score (nSPS) is 18.6. The standard InChI is InChI=1S/C17H22N2O5S/c1-12-11-19-25(21,22)15-8-7-13(10-14(15)23-12)6-5-9-18-16(20)24-17(2,3)4/h7-8,10,12,19H,9,11H2,1-4H3,(H,18,20)/t12-/m1/s1. The Balaban J connectivity index is 2.07. The first kappa shape index (κ1) is 19.1. The average Bonchev–Trinajstić information content (AvgIpc) is 2.58. The van der Waals surface area contributed by atoms with Crippen molar-refractivity contribution in [3.8, 4) is 17.6 Å². The fourth-order valence-corrected chi connectivity index (χ4v) is 3.27. The lowest BCUT2D eigenvalue weighted by molar-refractivity contribution is 0.0535. The lowest BCUT2D eigenvalue weighted by atomic mass is 10.2. The van der Waals surface area contributed by atoms with Crippen LogP contribution >= 0.6 is 0 Å². The second-order valence-corrected chi connectivity index (χ2v) is 8.33. The summed E-state index contributed by atoms with van der Waals surface area (Å²) in [6.45, 7) is 7.43. The number of nitrogens with one attached hydrogen (secondary N) is 2. The molecule has 0 saturated carbocycles. The van der Waals surface area contributed by atoms with Crippen molar-refractivity contribution in [2.24, 2.45) is 0 Å². The van der Waals surface area contributed by atoms with Gasteiger partial charge in [0.1, 0.15) is 22.4 Å². The minimum absolute atomic E-state index is 0.0919. The van der Waals surface area contributed by atoms with Crippen LogP contribution in [0.4, 0.5) is 4.79 Å². The molecule has 0 unspecified atom stereocenters. The molecule has 1 aromatic carbocycles. The van der Waals surface area contributed by atoms with E-state index in [1.807, 2.05) is 0 Å². The molecule has 1 heterocycles. The number of benzene rings is 1. The molecule has 0 radical (unpaired) electrons. The van der Waals surface area contributed by atoms with Crippen LogP contribution in [0, 0.1) is 11.8 Å². The number of fused-ring (bicyclic) bond motifs is 1. The van der Waals surface area contributed by atoms with Crippen LogP contribution in [0.1, 0.15) is 33.3 Å². The van der Waals surface area contributed by atoms with E-state index < -0.39 is 21.7 Å². The molecule has 0 fully saturated rings. The number of carbonyl (C=O) groups is 1. The molecule has 1 aromatic rings. The third-order valence-corrected chi connectivity index (χ3v) is 4.54. The third-order valence-electron chi connectivity index (χ3n) is 3.07. The zero-order valence-electron chi connectivity index (χ0n) is 14.7. The van der Waals surface area contributed by atoms with Gasteiger partial charge >= 0.3 is 6.09 Å². The number of hydrogen-bond acceptors (Lipinski definition) is 5. The van der Waals surface area contributed by atoms with E-state index in [0.717, 1.165) is 0 Å². The van der Waals surface area contributed by atoms with Gasteiger partial charge in [-0.2, -0.15) is 0 Å². The zero-order valence-corrected chi connectivity index (χ0v) is 15.5. The highest BCUT2D eigenvalue weighted by Gasteiger charge is 2.25. The number of alkyl carbamates (subject to hydrolysis) is 1. The Kier molecular flexibility index (Phi) is 5.60. The summed E-state index contributed by atoms with van der Waals surface area (Å²) >= 11 is 0. The maximum Gasteiger partial charge on any atom is 0.408 e. The first-order valence-electron chi connectivity index (χ1n) is 7.83. The van der Waals surface area contributed by atoms with Gasteiger partial charge in [0.05, 0.1) is 6.54 Å². The summed E-state index contributed by atoms with van der Waals surface area (Å²) in [6, 6.07) is 4.63. The molecule has 0 bridgehead atoms. The van der Waals surface area contributed by atoms with Crippen molar-refractivity contribution in [1.29, 1.82) is 0 Å². The van der Waals surface area contributed by atoms with Crippen LogP contribution in [0.2, 0.25) is 0 Å². The molecule has 136 valence electrons. The van der Waals surface area contributed by atoms with Crippen molar-refractivity contribution < 1.29 is 22.7 Å². The molecule has 7 nitrogen and oxygen atoms in total. The summed E-state index contributed by atoms with van der Waals surface area (Å²) in [4.78, 5) is 11.6.